The van der Waals surface area contributed by atoms with Gasteiger partial charge in [0.25, 0.3) is 0 Å². The maximum Gasteiger partial charge on any atom is 0.0106 e. The third kappa shape index (κ3) is 4.55. The van der Waals surface area contributed by atoms with Crippen LogP contribution in [0.15, 0.2) is 12.2 Å². The molecule has 0 aliphatic rings. The van der Waals surface area contributed by atoms with E-state index in [0.29, 0.717) is 17.9 Å². The largest absolute Gasteiger partial charge is 0.327 e. The highest BCUT2D eigenvalue weighted by molar-refractivity contribution is 4.94. The van der Waals surface area contributed by atoms with Gasteiger partial charge in [0.05, 0.1) is 0 Å². The van der Waals surface area contributed by atoms with E-state index in [9.17, 15) is 0 Å². The highest BCUT2D eigenvalue weighted by Crippen LogP contribution is 2.30. The van der Waals surface area contributed by atoms with Gasteiger partial charge in [0.1, 0.15) is 0 Å². The van der Waals surface area contributed by atoms with Crippen LogP contribution >= 0.6 is 0 Å². The van der Waals surface area contributed by atoms with Gasteiger partial charge < -0.3 is 5.73 Å². The maximum atomic E-state index is 5.43. The topological polar surface area (TPSA) is 26.0 Å². The van der Waals surface area contributed by atoms with E-state index in [2.05, 4.69) is 39.8 Å². The summed E-state index contributed by atoms with van der Waals surface area (Å²) in [5, 5.41) is 0. The number of hydrogen-bond donors (Lipinski definition) is 1. The van der Waals surface area contributed by atoms with Gasteiger partial charge in [-0.1, -0.05) is 46.3 Å². The first-order valence-corrected chi connectivity index (χ1v) is 4.89. The molecule has 1 heteroatoms. The molecule has 0 bridgehead atoms. The molecule has 0 fully saturated rings. The van der Waals surface area contributed by atoms with Crippen molar-refractivity contribution >= 4 is 0 Å². The van der Waals surface area contributed by atoms with Gasteiger partial charge in [-0.3, -0.25) is 0 Å². The van der Waals surface area contributed by atoms with E-state index in [1.165, 1.54) is 12.8 Å². The fourth-order valence-electron chi connectivity index (χ4n) is 1.37. The van der Waals surface area contributed by atoms with Gasteiger partial charge in [0, 0.05) is 6.54 Å². The van der Waals surface area contributed by atoms with E-state index in [-0.39, 0.29) is 0 Å². The van der Waals surface area contributed by atoms with E-state index in [1.807, 2.05) is 0 Å². The number of nitrogens with two attached hydrogens (primary N) is 1. The highest BCUT2D eigenvalue weighted by Gasteiger charge is 2.20. The van der Waals surface area contributed by atoms with Crippen LogP contribution < -0.4 is 5.73 Å². The maximum absolute atomic E-state index is 5.43. The van der Waals surface area contributed by atoms with Crippen molar-refractivity contribution in [2.75, 3.05) is 6.54 Å². The minimum atomic E-state index is 0.377. The minimum Gasteiger partial charge on any atom is -0.327 e. The van der Waals surface area contributed by atoms with Crippen LogP contribution in [0.3, 0.4) is 0 Å². The van der Waals surface area contributed by atoms with Crippen LogP contribution in [0.25, 0.3) is 0 Å². The quantitative estimate of drug-likeness (QED) is 0.643. The molecular formula is C11H23N. The van der Waals surface area contributed by atoms with Gasteiger partial charge >= 0.3 is 0 Å². The molecule has 0 aromatic rings. The molecule has 0 rings (SSSR count). The van der Waals surface area contributed by atoms with Crippen LogP contribution in [0.5, 0.6) is 0 Å². The summed E-state index contributed by atoms with van der Waals surface area (Å²) < 4.78 is 0. The summed E-state index contributed by atoms with van der Waals surface area (Å²) in [6.07, 6.45) is 6.85. The summed E-state index contributed by atoms with van der Waals surface area (Å²) in [4.78, 5) is 0. The average molecular weight is 169 g/mol. The summed E-state index contributed by atoms with van der Waals surface area (Å²) in [6, 6.07) is 0. The molecule has 1 unspecified atom stereocenters. The number of hydrogen-bond acceptors (Lipinski definition) is 1. The molecule has 0 aromatic heterocycles. The Kier molecular flexibility index (Phi) is 5.23. The van der Waals surface area contributed by atoms with E-state index < -0.39 is 0 Å². The Labute approximate surface area is 77.0 Å². The van der Waals surface area contributed by atoms with Crippen molar-refractivity contribution in [1.29, 1.82) is 0 Å². The molecule has 0 radical (unpaired) electrons. The second-order valence-corrected chi connectivity index (χ2v) is 4.43. The molecule has 0 aliphatic carbocycles. The van der Waals surface area contributed by atoms with Gasteiger partial charge in [-0.15, -0.1) is 0 Å². The third-order valence-corrected chi connectivity index (χ3v) is 2.22. The monoisotopic (exact) mass is 169 g/mol. The van der Waals surface area contributed by atoms with Crippen molar-refractivity contribution in [3.05, 3.63) is 12.2 Å². The zero-order chi connectivity index (χ0) is 9.61. The van der Waals surface area contributed by atoms with Crippen molar-refractivity contribution < 1.29 is 0 Å². The van der Waals surface area contributed by atoms with Gasteiger partial charge in [0.15, 0.2) is 0 Å². The molecule has 2 N–H and O–H groups in total. The number of allylic oxidation sites excluding steroid dienone is 1. The summed E-state index contributed by atoms with van der Waals surface area (Å²) in [6.45, 7) is 9.75. The van der Waals surface area contributed by atoms with Gasteiger partial charge in [-0.2, -0.15) is 0 Å². The van der Waals surface area contributed by atoms with Crippen molar-refractivity contribution in [2.24, 2.45) is 17.1 Å². The van der Waals surface area contributed by atoms with Crippen molar-refractivity contribution in [3.8, 4) is 0 Å². The molecule has 72 valence electrons. The van der Waals surface area contributed by atoms with Crippen molar-refractivity contribution in [2.45, 2.75) is 40.5 Å². The molecule has 0 spiro atoms. The minimum absolute atomic E-state index is 0.377. The van der Waals surface area contributed by atoms with Crippen LogP contribution in [-0.2, 0) is 0 Å². The van der Waals surface area contributed by atoms with Crippen LogP contribution in [0.1, 0.15) is 40.5 Å². The van der Waals surface area contributed by atoms with Gasteiger partial charge in [0.2, 0.25) is 0 Å². The van der Waals surface area contributed by atoms with Gasteiger partial charge in [-0.25, -0.2) is 0 Å². The molecule has 0 amide bonds. The average Bonchev–Trinajstić information content (AvgIpc) is 1.95. The Morgan fingerprint density at radius 2 is 1.92 bits per heavy atom. The Morgan fingerprint density at radius 1 is 1.33 bits per heavy atom. The second kappa shape index (κ2) is 5.36. The summed E-state index contributed by atoms with van der Waals surface area (Å²) >= 11 is 0. The standard InChI is InChI=1S/C11H23N/c1-5-7-10(8-6-9-12)11(2,3)4/h6,8,10H,5,7,9,12H2,1-4H3/b8-6-. The molecule has 0 saturated heterocycles. The summed E-state index contributed by atoms with van der Waals surface area (Å²) in [7, 11) is 0. The zero-order valence-electron chi connectivity index (χ0n) is 8.93. The zero-order valence-corrected chi connectivity index (χ0v) is 8.93. The normalized spacial score (nSPS) is 15.4. The fourth-order valence-corrected chi connectivity index (χ4v) is 1.37. The fraction of sp³-hybridized carbons (Fsp3) is 0.818. The first-order chi connectivity index (χ1) is 5.52. The van der Waals surface area contributed by atoms with Crippen molar-refractivity contribution in [1.82, 2.24) is 0 Å². The molecule has 0 saturated carbocycles. The van der Waals surface area contributed by atoms with E-state index >= 15 is 0 Å². The summed E-state index contributed by atoms with van der Waals surface area (Å²) in [5.74, 6) is 0.672. The third-order valence-electron chi connectivity index (χ3n) is 2.22. The van der Waals surface area contributed by atoms with Crippen LogP contribution in [0.4, 0.5) is 0 Å². The molecule has 1 nitrogen and oxygen atoms in total. The SMILES string of the molecule is CCCC(/C=C\CN)C(C)(C)C. The molecular weight excluding hydrogens is 146 g/mol. The molecule has 0 aromatic carbocycles. The lowest BCUT2D eigenvalue weighted by Crippen LogP contribution is -2.18. The first kappa shape index (κ1) is 11.7. The Bertz CT molecular complexity index is 130. The smallest absolute Gasteiger partial charge is 0.0106 e. The molecule has 12 heavy (non-hydrogen) atoms. The Hall–Kier alpha value is -0.300. The van der Waals surface area contributed by atoms with Crippen LogP contribution in [0, 0.1) is 11.3 Å². The van der Waals surface area contributed by atoms with E-state index in [4.69, 9.17) is 5.73 Å². The summed E-state index contributed by atoms with van der Waals surface area (Å²) in [5.41, 5.74) is 5.81. The molecule has 1 atom stereocenters. The van der Waals surface area contributed by atoms with Gasteiger partial charge in [-0.05, 0) is 17.8 Å². The lowest BCUT2D eigenvalue weighted by Gasteiger charge is -2.27. The molecule has 0 aliphatic heterocycles. The predicted molar refractivity (Wildman–Crippen MR) is 56.0 cm³/mol. The Morgan fingerprint density at radius 3 is 2.25 bits per heavy atom. The lowest BCUT2D eigenvalue weighted by atomic mass is 9.78. The second-order valence-electron chi connectivity index (χ2n) is 4.43. The Balaban J connectivity index is 4.13. The lowest BCUT2D eigenvalue weighted by molar-refractivity contribution is 0.276. The molecule has 0 heterocycles. The first-order valence-electron chi connectivity index (χ1n) is 4.89. The highest BCUT2D eigenvalue weighted by atomic mass is 14.5. The van der Waals surface area contributed by atoms with E-state index in [0.717, 1.165) is 0 Å². The van der Waals surface area contributed by atoms with Crippen molar-refractivity contribution in [3.63, 3.8) is 0 Å². The number of rotatable bonds is 4. The predicted octanol–water partition coefficient (Wildman–Crippen LogP) is 2.96. The van der Waals surface area contributed by atoms with Crippen LogP contribution in [0.2, 0.25) is 0 Å². The van der Waals surface area contributed by atoms with E-state index in [1.54, 1.807) is 0 Å². The van der Waals surface area contributed by atoms with Crippen LogP contribution in [-0.4, -0.2) is 6.54 Å².